The largest absolute Gasteiger partial charge is 0.399 e. The van der Waals surface area contributed by atoms with E-state index in [0.717, 1.165) is 21.1 Å². The Labute approximate surface area is 117 Å². The maximum atomic E-state index is 12.0. The number of hydrogen-bond acceptors (Lipinski definition) is 4. The Kier molecular flexibility index (Phi) is 3.35. The van der Waals surface area contributed by atoms with E-state index in [0.29, 0.717) is 17.9 Å². The van der Waals surface area contributed by atoms with Crippen LogP contribution in [0, 0.1) is 0 Å². The highest BCUT2D eigenvalue weighted by Crippen LogP contribution is 2.17. The maximum absolute atomic E-state index is 12.0. The first kappa shape index (κ1) is 12.4. The number of imidazole rings is 1. The molecule has 0 aliphatic rings. The number of nitrogens with one attached hydrogen (secondary N) is 1. The topological polar surface area (TPSA) is 71.8 Å². The highest BCUT2D eigenvalue weighted by Gasteiger charge is 2.08. The lowest BCUT2D eigenvalue weighted by Gasteiger charge is -1.96. The van der Waals surface area contributed by atoms with Crippen LogP contribution in [0.4, 0.5) is 5.69 Å². The van der Waals surface area contributed by atoms with Crippen molar-refractivity contribution < 1.29 is 4.21 Å². The molecule has 98 valence electrons. The van der Waals surface area contributed by atoms with Crippen LogP contribution in [-0.2, 0) is 17.2 Å². The molecular weight excluding hydrogens is 278 g/mol. The Morgan fingerprint density at radius 3 is 3.05 bits per heavy atom. The number of benzene rings is 1. The summed E-state index contributed by atoms with van der Waals surface area (Å²) in [6.07, 6.45) is 0.666. The van der Waals surface area contributed by atoms with Crippen molar-refractivity contribution in [1.82, 2.24) is 9.97 Å². The van der Waals surface area contributed by atoms with Crippen LogP contribution >= 0.6 is 11.3 Å². The Morgan fingerprint density at radius 1 is 1.37 bits per heavy atom. The number of nitrogen functional groups attached to an aromatic ring is 1. The van der Waals surface area contributed by atoms with Gasteiger partial charge in [-0.15, -0.1) is 11.3 Å². The molecule has 0 saturated heterocycles. The standard InChI is InChI=1S/C13H13N3OS2/c14-9-3-4-10-11(8-9)16-12(15-10)5-7-19(17)13-2-1-6-18-13/h1-4,6,8H,5,7,14H2,(H,15,16). The molecule has 0 saturated carbocycles. The summed E-state index contributed by atoms with van der Waals surface area (Å²) in [6, 6.07) is 9.40. The summed E-state index contributed by atoms with van der Waals surface area (Å²) < 4.78 is 12.9. The molecule has 0 amide bonds. The van der Waals surface area contributed by atoms with Gasteiger partial charge in [0.2, 0.25) is 0 Å². The molecule has 3 aromatic rings. The minimum absolute atomic E-state index is 0.579. The molecule has 0 bridgehead atoms. The van der Waals surface area contributed by atoms with Gasteiger partial charge in [0.05, 0.1) is 26.0 Å². The second-order valence-electron chi connectivity index (χ2n) is 4.19. The molecule has 4 nitrogen and oxygen atoms in total. The molecule has 3 rings (SSSR count). The number of nitrogens with zero attached hydrogens (tertiary/aromatic N) is 1. The lowest BCUT2D eigenvalue weighted by molar-refractivity contribution is 0.683. The van der Waals surface area contributed by atoms with E-state index in [-0.39, 0.29) is 0 Å². The SMILES string of the molecule is Nc1ccc2nc(CCS(=O)c3cccs3)[nH]c2c1. The van der Waals surface area contributed by atoms with Crippen LogP contribution in [0.1, 0.15) is 5.82 Å². The van der Waals surface area contributed by atoms with Gasteiger partial charge in [0.15, 0.2) is 0 Å². The summed E-state index contributed by atoms with van der Waals surface area (Å²) in [6.45, 7) is 0. The molecule has 0 spiro atoms. The van der Waals surface area contributed by atoms with E-state index in [2.05, 4.69) is 9.97 Å². The smallest absolute Gasteiger partial charge is 0.108 e. The van der Waals surface area contributed by atoms with E-state index in [1.54, 1.807) is 0 Å². The minimum atomic E-state index is -0.945. The fourth-order valence-electron chi connectivity index (χ4n) is 1.88. The van der Waals surface area contributed by atoms with Gasteiger partial charge in [-0.3, -0.25) is 4.21 Å². The minimum Gasteiger partial charge on any atom is -0.399 e. The van der Waals surface area contributed by atoms with Crippen molar-refractivity contribution in [3.8, 4) is 0 Å². The normalized spacial score (nSPS) is 12.8. The van der Waals surface area contributed by atoms with Gasteiger partial charge in [-0.2, -0.15) is 0 Å². The molecule has 2 heterocycles. The first-order chi connectivity index (χ1) is 9.22. The summed E-state index contributed by atoms with van der Waals surface area (Å²) in [5.74, 6) is 1.43. The Bertz CT molecular complexity index is 719. The maximum Gasteiger partial charge on any atom is 0.108 e. The van der Waals surface area contributed by atoms with Gasteiger partial charge >= 0.3 is 0 Å². The van der Waals surface area contributed by atoms with E-state index in [1.165, 1.54) is 11.3 Å². The van der Waals surface area contributed by atoms with Crippen LogP contribution in [0.15, 0.2) is 39.9 Å². The Morgan fingerprint density at radius 2 is 2.26 bits per heavy atom. The molecule has 0 aliphatic heterocycles. The van der Waals surface area contributed by atoms with Crippen LogP contribution in [0.5, 0.6) is 0 Å². The zero-order valence-corrected chi connectivity index (χ0v) is 11.8. The van der Waals surface area contributed by atoms with Crippen LogP contribution in [0.25, 0.3) is 11.0 Å². The van der Waals surface area contributed by atoms with Crippen LogP contribution in [-0.4, -0.2) is 19.9 Å². The van der Waals surface area contributed by atoms with Crippen LogP contribution in [0.2, 0.25) is 0 Å². The number of hydrogen-bond donors (Lipinski definition) is 2. The third kappa shape index (κ3) is 2.69. The summed E-state index contributed by atoms with van der Waals surface area (Å²) in [5, 5.41) is 1.94. The summed E-state index contributed by atoms with van der Waals surface area (Å²) in [4.78, 5) is 7.68. The number of H-pyrrole nitrogens is 1. The highest BCUT2D eigenvalue weighted by atomic mass is 32.2. The van der Waals surface area contributed by atoms with Crippen molar-refractivity contribution >= 4 is 38.9 Å². The predicted octanol–water partition coefficient (Wildman–Crippen LogP) is 2.56. The summed E-state index contributed by atoms with van der Waals surface area (Å²) in [5.41, 5.74) is 8.26. The fourth-order valence-corrected chi connectivity index (χ4v) is 3.99. The second kappa shape index (κ2) is 5.14. The molecule has 3 N–H and O–H groups in total. The van der Waals surface area contributed by atoms with E-state index in [4.69, 9.17) is 5.73 Å². The Hall–Kier alpha value is -1.66. The van der Waals surface area contributed by atoms with E-state index in [1.807, 2.05) is 35.7 Å². The molecule has 19 heavy (non-hydrogen) atoms. The average Bonchev–Trinajstić information content (AvgIpc) is 3.04. The lowest BCUT2D eigenvalue weighted by Crippen LogP contribution is -2.01. The van der Waals surface area contributed by atoms with Crippen molar-refractivity contribution in [1.29, 1.82) is 0 Å². The first-order valence-electron chi connectivity index (χ1n) is 5.88. The number of fused-ring (bicyclic) bond motifs is 1. The molecule has 0 aliphatic carbocycles. The third-order valence-electron chi connectivity index (χ3n) is 2.80. The van der Waals surface area contributed by atoms with Crippen LogP contribution < -0.4 is 5.73 Å². The van der Waals surface area contributed by atoms with Gasteiger partial charge in [0.1, 0.15) is 5.82 Å². The van der Waals surface area contributed by atoms with Crippen LogP contribution in [0.3, 0.4) is 0 Å². The van der Waals surface area contributed by atoms with E-state index < -0.39 is 10.8 Å². The molecule has 0 radical (unpaired) electrons. The van der Waals surface area contributed by atoms with Crippen molar-refractivity contribution in [2.75, 3.05) is 11.5 Å². The van der Waals surface area contributed by atoms with Gasteiger partial charge in [-0.05, 0) is 29.6 Å². The fraction of sp³-hybridized carbons (Fsp3) is 0.154. The van der Waals surface area contributed by atoms with Crippen molar-refractivity contribution in [2.45, 2.75) is 10.6 Å². The molecule has 0 fully saturated rings. The number of aryl methyl sites for hydroxylation is 1. The van der Waals surface area contributed by atoms with Crippen molar-refractivity contribution in [3.63, 3.8) is 0 Å². The molecule has 1 atom stereocenters. The number of anilines is 1. The quantitative estimate of drug-likeness (QED) is 0.726. The lowest BCUT2D eigenvalue weighted by atomic mass is 10.3. The van der Waals surface area contributed by atoms with Gasteiger partial charge in [-0.1, -0.05) is 6.07 Å². The molecule has 2 aromatic heterocycles. The Balaban J connectivity index is 1.73. The highest BCUT2D eigenvalue weighted by molar-refractivity contribution is 7.87. The molecule has 1 unspecified atom stereocenters. The van der Waals surface area contributed by atoms with Crippen molar-refractivity contribution in [2.24, 2.45) is 0 Å². The average molecular weight is 291 g/mol. The molecule has 6 heteroatoms. The van der Waals surface area contributed by atoms with Crippen molar-refractivity contribution in [3.05, 3.63) is 41.5 Å². The number of nitrogens with two attached hydrogens (primary N) is 1. The second-order valence-corrected chi connectivity index (χ2v) is 6.94. The number of aromatic nitrogens is 2. The van der Waals surface area contributed by atoms with Gasteiger partial charge in [0.25, 0.3) is 0 Å². The summed E-state index contributed by atoms with van der Waals surface area (Å²) >= 11 is 1.53. The molecular formula is C13H13N3OS2. The molecule has 1 aromatic carbocycles. The first-order valence-corrected chi connectivity index (χ1v) is 8.08. The van der Waals surface area contributed by atoms with E-state index in [9.17, 15) is 4.21 Å². The van der Waals surface area contributed by atoms with Gasteiger partial charge < -0.3 is 10.7 Å². The van der Waals surface area contributed by atoms with E-state index >= 15 is 0 Å². The zero-order chi connectivity index (χ0) is 13.2. The summed E-state index contributed by atoms with van der Waals surface area (Å²) in [7, 11) is -0.945. The van der Waals surface area contributed by atoms with Gasteiger partial charge in [0, 0.05) is 17.9 Å². The monoisotopic (exact) mass is 291 g/mol. The predicted molar refractivity (Wildman–Crippen MR) is 79.8 cm³/mol. The number of thiophene rings is 1. The third-order valence-corrected chi connectivity index (χ3v) is 5.47. The zero-order valence-electron chi connectivity index (χ0n) is 10.1. The number of rotatable bonds is 4. The number of aromatic amines is 1. The van der Waals surface area contributed by atoms with Gasteiger partial charge in [-0.25, -0.2) is 4.98 Å².